The van der Waals surface area contributed by atoms with E-state index in [9.17, 15) is 22.0 Å². The second kappa shape index (κ2) is 38.4. The quantitative estimate of drug-likeness (QED) is 0.0537. The topological polar surface area (TPSA) is 287 Å². The summed E-state index contributed by atoms with van der Waals surface area (Å²) >= 11 is 14.4. The van der Waals surface area contributed by atoms with E-state index in [1.807, 2.05) is 88.9 Å². The largest absolute Gasteiger partial charge is 0.270 e. The Morgan fingerprint density at radius 2 is 0.729 bits per heavy atom. The van der Waals surface area contributed by atoms with E-state index in [1.165, 1.54) is 64.3 Å². The van der Waals surface area contributed by atoms with Gasteiger partial charge in [-0.05, 0) is 139 Å². The molecule has 0 radical (unpaired) electrons. The van der Waals surface area contributed by atoms with Gasteiger partial charge in [0.1, 0.15) is 66.8 Å². The van der Waals surface area contributed by atoms with E-state index in [1.54, 1.807) is 186 Å². The van der Waals surface area contributed by atoms with Gasteiger partial charge in [-0.1, -0.05) is 115 Å². The average Bonchev–Trinajstić information content (AvgIpc) is 1.67. The Labute approximate surface area is 704 Å². The molecule has 37 heteroatoms. The van der Waals surface area contributed by atoms with Crippen LogP contribution in [0.25, 0.3) is 96.9 Å². The van der Waals surface area contributed by atoms with E-state index in [2.05, 4.69) is 148 Å². The van der Waals surface area contributed by atoms with Crippen molar-refractivity contribution in [3.8, 4) is 96.9 Å². The minimum absolute atomic E-state index is 0.234. The first-order chi connectivity index (χ1) is 57.8. The molecule has 0 bridgehead atoms. The van der Waals surface area contributed by atoms with E-state index < -0.39 is 0 Å². The lowest BCUT2D eigenvalue weighted by Gasteiger charge is -2.06. The van der Waals surface area contributed by atoms with Crippen molar-refractivity contribution in [3.05, 3.63) is 348 Å². The van der Waals surface area contributed by atoms with Gasteiger partial charge < -0.3 is 0 Å². The molecule has 14 aromatic heterocycles. The lowest BCUT2D eigenvalue weighted by molar-refractivity contribution is 0.581. The van der Waals surface area contributed by atoms with Crippen LogP contribution < -0.4 is 0 Å². The van der Waals surface area contributed by atoms with E-state index >= 15 is 0 Å². The van der Waals surface area contributed by atoms with Crippen LogP contribution in [-0.4, -0.2) is 128 Å². The number of benzene rings is 5. The Morgan fingerprint density at radius 3 is 1.24 bits per heavy atom. The van der Waals surface area contributed by atoms with Crippen LogP contribution in [0, 0.1) is 29.1 Å². The van der Waals surface area contributed by atoms with Crippen molar-refractivity contribution in [1.29, 1.82) is 0 Å². The summed E-state index contributed by atoms with van der Waals surface area (Å²) in [7, 11) is 0. The third-order valence-corrected chi connectivity index (χ3v) is 20.3. The van der Waals surface area contributed by atoms with Crippen LogP contribution >= 0.6 is 81.8 Å². The maximum atomic E-state index is 14.1. The molecule has 26 nitrogen and oxygen atoms in total. The summed E-state index contributed by atoms with van der Waals surface area (Å²) in [6.07, 6.45) is 13.4. The molecule has 0 aliphatic heterocycles. The third-order valence-electron chi connectivity index (χ3n) is 16.8. The summed E-state index contributed by atoms with van der Waals surface area (Å²) in [5.74, 6) is 3.62. The maximum Gasteiger partial charge on any atom is 0.270 e. The first kappa shape index (κ1) is 79.9. The summed E-state index contributed by atoms with van der Waals surface area (Å²) < 4.78 is 81.4. The first-order valence-electron chi connectivity index (χ1n) is 35.4. The molecule has 0 aliphatic rings. The van der Waals surface area contributed by atoms with Crippen molar-refractivity contribution in [2.45, 2.75) is 32.7 Å². The smallest absolute Gasteiger partial charge is 0.253 e. The number of halogens is 8. The van der Waals surface area contributed by atoms with E-state index in [0.29, 0.717) is 140 Å². The Kier molecular flexibility index (Phi) is 26.0. The zero-order valence-electron chi connectivity index (χ0n) is 61.0. The van der Waals surface area contributed by atoms with E-state index in [-0.39, 0.29) is 55.3 Å². The van der Waals surface area contributed by atoms with Crippen molar-refractivity contribution in [2.24, 2.45) is 0 Å². The maximum absolute atomic E-state index is 14.1. The summed E-state index contributed by atoms with van der Waals surface area (Å²) in [6, 6.07) is 58.8. The summed E-state index contributed by atoms with van der Waals surface area (Å²) in [6.45, 7) is 1.33. The number of aromatic nitrogens is 26. The van der Waals surface area contributed by atoms with Gasteiger partial charge in [0.2, 0.25) is 17.5 Å². The predicted molar refractivity (Wildman–Crippen MR) is 445 cm³/mol. The van der Waals surface area contributed by atoms with Crippen molar-refractivity contribution in [2.75, 3.05) is 0 Å². The monoisotopic (exact) mass is 1820 g/mol. The fraction of sp³-hybridized carbons (Fsp3) is 0.0617. The van der Waals surface area contributed by atoms with Crippen molar-refractivity contribution in [1.82, 2.24) is 128 Å². The van der Waals surface area contributed by atoms with Crippen LogP contribution in [0.2, 0.25) is 0 Å². The van der Waals surface area contributed by atoms with Crippen LogP contribution in [0.5, 0.6) is 0 Å². The molecule has 0 spiro atoms. The van der Waals surface area contributed by atoms with Gasteiger partial charge >= 0.3 is 0 Å². The number of pyridine rings is 4. The molecule has 19 aromatic rings. The molecule has 0 N–H and O–H groups in total. The average molecular weight is 1820 g/mol. The minimum atomic E-state index is -0.289. The van der Waals surface area contributed by atoms with E-state index in [4.69, 9.17) is 0 Å². The van der Waals surface area contributed by atoms with Crippen LogP contribution in [0.3, 0.4) is 0 Å². The lowest BCUT2D eigenvalue weighted by Crippen LogP contribution is -2.07. The number of hydrogen-bond donors (Lipinski definition) is 0. The number of hydrogen-bond acceptors (Lipinski definition) is 23. The standard InChI is InChI=1S/2C17H11BrFN5S.C17H13FN6.C16H11FN6S.C14H10BrFN4/c18-14-7-3-6-13(21-14)16-22-15(17-20-8-9-25-17)23-24(16)10-11-4-1-2-5-12(11)19;18-14-7-3-6-13(21-14)15-22-16(17-20-8-9-25-17)24(23-15)10-11-4-1-2-5-12(11)19;18-14-7-2-1-6-13(14)12-24-16(15-8-3-4-9-19-15)21-17(22-24)23-11-5-10-20-23;17-12-5-2-1-4-11(12)8-23-16(15-18-6-3-7-19-15)21-14(22-23)13-9-24-10-20-13;15-14-18-13(12-7-3-4-8-17-12)19-20(14)9-10-5-1-2-6-11(10)16/h2*1-9H,10H2;1-11H,12H2;1-7,9-10H,8H2;1-8H,9H2. The van der Waals surface area contributed by atoms with Crippen LogP contribution in [-0.2, 0) is 32.7 Å². The van der Waals surface area contributed by atoms with Gasteiger partial charge in [-0.15, -0.1) is 59.5 Å². The zero-order chi connectivity index (χ0) is 81.1. The van der Waals surface area contributed by atoms with Gasteiger partial charge in [-0.3, -0.25) is 9.97 Å². The van der Waals surface area contributed by atoms with E-state index in [0.717, 1.165) is 5.01 Å². The van der Waals surface area contributed by atoms with Gasteiger partial charge in [0.15, 0.2) is 49.7 Å². The zero-order valence-corrected chi connectivity index (χ0v) is 68.2. The molecule has 584 valence electrons. The highest BCUT2D eigenvalue weighted by molar-refractivity contribution is 9.11. The van der Waals surface area contributed by atoms with Gasteiger partial charge in [0.05, 0.1) is 38.2 Å². The SMILES string of the molecule is Fc1ccccc1Cn1nc(-c2cccc(Br)n2)nc1-c1nccs1.Fc1ccccc1Cn1nc(-c2ccccn2)nc1Br.Fc1ccccc1Cn1nc(-c2cscn2)nc1-c1ncccn1.Fc1ccccc1Cn1nc(-c2nccs2)nc1-c1cccc(Br)n1.Fc1ccccc1Cn1nc(-n2cccn2)nc1-c1ccccn1. The first-order valence-corrected chi connectivity index (χ1v) is 40.5. The fourth-order valence-corrected chi connectivity index (χ4v) is 14.0. The number of rotatable bonds is 19. The van der Waals surface area contributed by atoms with Crippen LogP contribution in [0.4, 0.5) is 22.0 Å². The minimum Gasteiger partial charge on any atom is -0.253 e. The molecule has 19 rings (SSSR count). The van der Waals surface area contributed by atoms with Gasteiger partial charge in [0.25, 0.3) is 5.95 Å². The Bertz CT molecular complexity index is 6300. The molecule has 0 fully saturated rings. The fourth-order valence-electron chi connectivity index (χ4n) is 11.2. The molecule has 0 amide bonds. The Balaban J connectivity index is 0.000000116. The highest BCUT2D eigenvalue weighted by Gasteiger charge is 2.23. The predicted octanol–water partition coefficient (Wildman–Crippen LogP) is 17.9. The summed E-state index contributed by atoms with van der Waals surface area (Å²) in [5, 5.41) is 33.5. The molecule has 118 heavy (non-hydrogen) atoms. The summed E-state index contributed by atoms with van der Waals surface area (Å²) in [4.78, 5) is 61.1. The summed E-state index contributed by atoms with van der Waals surface area (Å²) in [5.41, 5.74) is 7.71. The van der Waals surface area contributed by atoms with Gasteiger partial charge in [-0.25, -0.2) is 99.9 Å². The highest BCUT2D eigenvalue weighted by Crippen LogP contribution is 2.30. The van der Waals surface area contributed by atoms with Crippen molar-refractivity contribution < 1.29 is 22.0 Å². The number of nitrogens with zero attached hydrogens (tertiary/aromatic N) is 26. The molecular weight excluding hydrogens is 1770 g/mol. The second-order valence-electron chi connectivity index (χ2n) is 24.7. The van der Waals surface area contributed by atoms with Gasteiger partial charge in [-0.2, -0.15) is 15.1 Å². The van der Waals surface area contributed by atoms with Crippen LogP contribution in [0.1, 0.15) is 27.8 Å². The van der Waals surface area contributed by atoms with Crippen molar-refractivity contribution in [3.63, 3.8) is 0 Å². The lowest BCUT2D eigenvalue weighted by atomic mass is 10.2. The van der Waals surface area contributed by atoms with Crippen LogP contribution in [0.15, 0.2) is 291 Å². The molecule has 0 saturated heterocycles. The van der Waals surface area contributed by atoms with Gasteiger partial charge in [0, 0.05) is 93.5 Å². The molecule has 0 unspecified atom stereocenters. The molecular formula is C81H56Br3F5N26S3. The Hall–Kier alpha value is -13.3. The number of thiazole rings is 3. The second-order valence-corrected chi connectivity index (χ2v) is 29.5. The molecule has 5 aromatic carbocycles. The molecule has 14 heterocycles. The van der Waals surface area contributed by atoms with Crippen molar-refractivity contribution >= 4 is 81.8 Å². The molecule has 0 aliphatic carbocycles. The molecule has 0 atom stereocenters. The highest BCUT2D eigenvalue weighted by atomic mass is 79.9. The third kappa shape index (κ3) is 20.1. The molecule has 0 saturated carbocycles. The Morgan fingerprint density at radius 1 is 0.297 bits per heavy atom. The normalized spacial score (nSPS) is 10.9.